The second-order valence-corrected chi connectivity index (χ2v) is 8.81. The van der Waals surface area contributed by atoms with Crippen molar-refractivity contribution >= 4 is 0 Å². The highest BCUT2D eigenvalue weighted by Gasteiger charge is 2.43. The van der Waals surface area contributed by atoms with Crippen molar-refractivity contribution in [1.82, 2.24) is 10.2 Å². The topological polar surface area (TPSA) is 15.3 Å². The predicted octanol–water partition coefficient (Wildman–Crippen LogP) is 4.35. The molecule has 126 valence electrons. The molecule has 2 aliphatic heterocycles. The van der Waals surface area contributed by atoms with E-state index in [9.17, 15) is 0 Å². The Balaban J connectivity index is 1.38. The van der Waals surface area contributed by atoms with E-state index in [4.69, 9.17) is 0 Å². The maximum atomic E-state index is 4.07. The molecule has 3 aliphatic rings. The van der Waals surface area contributed by atoms with E-state index < -0.39 is 0 Å². The first-order chi connectivity index (χ1) is 11.1. The van der Waals surface area contributed by atoms with Gasteiger partial charge in [0.1, 0.15) is 0 Å². The SMILES string of the molecule is CC1(C)CCC[C@@H]1NC1C[C@H]2CC[C@@H](C1)N2Cc1ccccc1. The number of nitrogens with one attached hydrogen (secondary N) is 1. The van der Waals surface area contributed by atoms with Gasteiger partial charge in [0.25, 0.3) is 0 Å². The van der Waals surface area contributed by atoms with Gasteiger partial charge in [0.2, 0.25) is 0 Å². The summed E-state index contributed by atoms with van der Waals surface area (Å²) in [4.78, 5) is 2.80. The van der Waals surface area contributed by atoms with Crippen LogP contribution in [-0.2, 0) is 6.54 Å². The Kier molecular flexibility index (Phi) is 4.23. The molecular weight excluding hydrogens is 280 g/mol. The van der Waals surface area contributed by atoms with Gasteiger partial charge in [0, 0.05) is 30.7 Å². The average Bonchev–Trinajstić information content (AvgIpc) is 2.97. The summed E-state index contributed by atoms with van der Waals surface area (Å²) < 4.78 is 0. The molecule has 0 amide bonds. The molecule has 2 saturated heterocycles. The Bertz CT molecular complexity index is 510. The summed E-state index contributed by atoms with van der Waals surface area (Å²) in [5, 5.41) is 4.07. The van der Waals surface area contributed by atoms with Crippen molar-refractivity contribution in [3.8, 4) is 0 Å². The molecule has 2 heteroatoms. The van der Waals surface area contributed by atoms with Gasteiger partial charge in [0.05, 0.1) is 0 Å². The maximum Gasteiger partial charge on any atom is 0.0239 e. The third-order valence-electron chi connectivity index (χ3n) is 6.79. The summed E-state index contributed by atoms with van der Waals surface area (Å²) in [5.41, 5.74) is 1.98. The number of hydrogen-bond acceptors (Lipinski definition) is 2. The van der Waals surface area contributed by atoms with E-state index in [2.05, 4.69) is 54.4 Å². The fourth-order valence-electron chi connectivity index (χ4n) is 5.38. The Hall–Kier alpha value is -0.860. The van der Waals surface area contributed by atoms with E-state index in [1.807, 2.05) is 0 Å². The number of hydrogen-bond donors (Lipinski definition) is 1. The van der Waals surface area contributed by atoms with Gasteiger partial charge in [-0.05, 0) is 49.5 Å². The molecule has 0 spiro atoms. The van der Waals surface area contributed by atoms with Crippen LogP contribution in [0.1, 0.15) is 64.4 Å². The maximum absolute atomic E-state index is 4.07. The molecule has 3 fully saturated rings. The first-order valence-corrected chi connectivity index (χ1v) is 9.67. The van der Waals surface area contributed by atoms with E-state index >= 15 is 0 Å². The molecule has 4 atom stereocenters. The molecular formula is C21H32N2. The smallest absolute Gasteiger partial charge is 0.0239 e. The Morgan fingerprint density at radius 3 is 2.35 bits per heavy atom. The summed E-state index contributed by atoms with van der Waals surface area (Å²) >= 11 is 0. The van der Waals surface area contributed by atoms with Gasteiger partial charge in [-0.1, -0.05) is 50.6 Å². The zero-order valence-corrected chi connectivity index (χ0v) is 14.8. The van der Waals surface area contributed by atoms with Crippen molar-refractivity contribution < 1.29 is 0 Å². The highest BCUT2D eigenvalue weighted by atomic mass is 15.2. The van der Waals surface area contributed by atoms with Gasteiger partial charge < -0.3 is 5.32 Å². The molecule has 0 aromatic heterocycles. The summed E-state index contributed by atoms with van der Waals surface area (Å²) in [6.07, 6.45) is 9.71. The van der Waals surface area contributed by atoms with Crippen LogP contribution in [0.3, 0.4) is 0 Å². The summed E-state index contributed by atoms with van der Waals surface area (Å²) in [6, 6.07) is 14.1. The molecule has 1 aromatic rings. The van der Waals surface area contributed by atoms with Gasteiger partial charge in [-0.15, -0.1) is 0 Å². The van der Waals surface area contributed by atoms with Crippen LogP contribution < -0.4 is 5.32 Å². The minimum Gasteiger partial charge on any atom is -0.311 e. The fourth-order valence-corrected chi connectivity index (χ4v) is 5.38. The lowest BCUT2D eigenvalue weighted by atomic mass is 9.85. The molecule has 4 rings (SSSR count). The standard InChI is InChI=1S/C21H32N2/c1-21(2)12-6-9-20(21)22-17-13-18-10-11-19(14-17)23(18)15-16-7-4-3-5-8-16/h3-5,7-8,17-20,22H,6,9-15H2,1-2H3/t17?,18-,19+,20-/m0/s1. The van der Waals surface area contributed by atoms with Crippen LogP contribution >= 0.6 is 0 Å². The van der Waals surface area contributed by atoms with Gasteiger partial charge in [0.15, 0.2) is 0 Å². The first kappa shape index (κ1) is 15.7. The monoisotopic (exact) mass is 312 g/mol. The zero-order valence-electron chi connectivity index (χ0n) is 14.8. The molecule has 1 aromatic carbocycles. The predicted molar refractivity (Wildman–Crippen MR) is 96.4 cm³/mol. The highest BCUT2D eigenvalue weighted by Crippen LogP contribution is 2.41. The average molecular weight is 313 g/mol. The van der Waals surface area contributed by atoms with Crippen LogP contribution in [0.4, 0.5) is 0 Å². The van der Waals surface area contributed by atoms with Gasteiger partial charge in [-0.2, -0.15) is 0 Å². The van der Waals surface area contributed by atoms with Crippen molar-refractivity contribution in [3.63, 3.8) is 0 Å². The Labute approximate surface area is 141 Å². The number of fused-ring (bicyclic) bond motifs is 2. The van der Waals surface area contributed by atoms with Crippen LogP contribution in [0.5, 0.6) is 0 Å². The second kappa shape index (κ2) is 6.22. The molecule has 1 aliphatic carbocycles. The van der Waals surface area contributed by atoms with Crippen molar-refractivity contribution in [2.24, 2.45) is 5.41 Å². The van der Waals surface area contributed by atoms with Crippen LogP contribution in [0.2, 0.25) is 0 Å². The zero-order chi connectivity index (χ0) is 15.9. The number of nitrogens with zero attached hydrogens (tertiary/aromatic N) is 1. The van der Waals surface area contributed by atoms with Crippen molar-refractivity contribution in [1.29, 1.82) is 0 Å². The van der Waals surface area contributed by atoms with Crippen molar-refractivity contribution in [3.05, 3.63) is 35.9 Å². The molecule has 1 N–H and O–H groups in total. The van der Waals surface area contributed by atoms with Gasteiger partial charge in [-0.3, -0.25) is 4.90 Å². The van der Waals surface area contributed by atoms with E-state index in [-0.39, 0.29) is 0 Å². The van der Waals surface area contributed by atoms with E-state index in [1.165, 1.54) is 50.5 Å². The molecule has 1 unspecified atom stereocenters. The molecule has 23 heavy (non-hydrogen) atoms. The molecule has 0 radical (unpaired) electrons. The summed E-state index contributed by atoms with van der Waals surface area (Å²) in [7, 11) is 0. The Morgan fingerprint density at radius 1 is 1.04 bits per heavy atom. The minimum absolute atomic E-state index is 0.500. The fraction of sp³-hybridized carbons (Fsp3) is 0.714. The molecule has 2 nitrogen and oxygen atoms in total. The number of piperidine rings is 1. The van der Waals surface area contributed by atoms with E-state index in [1.54, 1.807) is 0 Å². The van der Waals surface area contributed by atoms with E-state index in [0.29, 0.717) is 5.41 Å². The van der Waals surface area contributed by atoms with Gasteiger partial charge in [-0.25, -0.2) is 0 Å². The lowest BCUT2D eigenvalue weighted by molar-refractivity contribution is 0.0979. The second-order valence-electron chi connectivity index (χ2n) is 8.81. The normalized spacial score (nSPS) is 36.4. The molecule has 2 bridgehead atoms. The van der Waals surface area contributed by atoms with E-state index in [0.717, 1.165) is 30.7 Å². The van der Waals surface area contributed by atoms with Gasteiger partial charge >= 0.3 is 0 Å². The molecule has 2 heterocycles. The third-order valence-corrected chi connectivity index (χ3v) is 6.79. The van der Waals surface area contributed by atoms with Crippen LogP contribution in [0, 0.1) is 5.41 Å². The molecule has 1 saturated carbocycles. The lowest BCUT2D eigenvalue weighted by Crippen LogP contribution is -2.52. The third kappa shape index (κ3) is 3.21. The minimum atomic E-state index is 0.500. The summed E-state index contributed by atoms with van der Waals surface area (Å²) in [5.74, 6) is 0. The summed E-state index contributed by atoms with van der Waals surface area (Å²) in [6.45, 7) is 6.06. The highest BCUT2D eigenvalue weighted by molar-refractivity contribution is 5.15. The first-order valence-electron chi connectivity index (χ1n) is 9.67. The number of rotatable bonds is 4. The van der Waals surface area contributed by atoms with Crippen LogP contribution in [0.15, 0.2) is 30.3 Å². The van der Waals surface area contributed by atoms with Crippen molar-refractivity contribution in [2.45, 2.75) is 89.5 Å². The number of benzene rings is 1. The van der Waals surface area contributed by atoms with Crippen molar-refractivity contribution in [2.75, 3.05) is 0 Å². The Morgan fingerprint density at radius 2 is 1.74 bits per heavy atom. The quantitative estimate of drug-likeness (QED) is 0.889. The van der Waals surface area contributed by atoms with Crippen LogP contribution in [0.25, 0.3) is 0 Å². The van der Waals surface area contributed by atoms with Crippen LogP contribution in [-0.4, -0.2) is 29.1 Å². The lowest BCUT2D eigenvalue weighted by Gasteiger charge is -2.42. The largest absolute Gasteiger partial charge is 0.311 e.